The summed E-state index contributed by atoms with van der Waals surface area (Å²) >= 11 is 3.18. The maximum absolute atomic E-state index is 12.4. The number of benzene rings is 2. The van der Waals surface area contributed by atoms with E-state index in [0.717, 1.165) is 9.21 Å². The van der Waals surface area contributed by atoms with Crippen molar-refractivity contribution in [2.75, 3.05) is 27.2 Å². The van der Waals surface area contributed by atoms with Crippen molar-refractivity contribution in [1.82, 2.24) is 9.21 Å². The van der Waals surface area contributed by atoms with E-state index in [2.05, 4.69) is 15.9 Å². The Morgan fingerprint density at radius 3 is 2.23 bits per heavy atom. The van der Waals surface area contributed by atoms with Crippen LogP contribution in [0.5, 0.6) is 0 Å². The van der Waals surface area contributed by atoms with Crippen LogP contribution < -0.4 is 0 Å². The molecule has 1 aliphatic rings. The fourth-order valence-corrected chi connectivity index (χ4v) is 4.78. The lowest BCUT2D eigenvalue weighted by Gasteiger charge is -2.15. The first-order valence-corrected chi connectivity index (χ1v) is 11.2. The average molecular weight is 495 g/mol. The molecule has 30 heavy (non-hydrogen) atoms. The highest BCUT2D eigenvalue weighted by Gasteiger charge is 2.34. The van der Waals surface area contributed by atoms with Crippen molar-refractivity contribution in [2.24, 2.45) is 0 Å². The molecule has 0 spiro atoms. The van der Waals surface area contributed by atoms with Gasteiger partial charge in [-0.2, -0.15) is 0 Å². The van der Waals surface area contributed by atoms with Gasteiger partial charge in [0.2, 0.25) is 10.0 Å². The van der Waals surface area contributed by atoms with Crippen LogP contribution >= 0.6 is 15.9 Å². The van der Waals surface area contributed by atoms with Crippen LogP contribution in [0.3, 0.4) is 0 Å². The van der Waals surface area contributed by atoms with E-state index in [1.54, 1.807) is 24.3 Å². The van der Waals surface area contributed by atoms with Gasteiger partial charge in [-0.05, 0) is 52.7 Å². The number of imide groups is 1. The van der Waals surface area contributed by atoms with Crippen molar-refractivity contribution in [1.29, 1.82) is 0 Å². The van der Waals surface area contributed by atoms with E-state index in [0.29, 0.717) is 15.6 Å². The highest BCUT2D eigenvalue weighted by molar-refractivity contribution is 9.10. The third-order valence-electron chi connectivity index (χ3n) is 4.56. The summed E-state index contributed by atoms with van der Waals surface area (Å²) in [6.45, 7) is 0.0816. The lowest BCUT2D eigenvalue weighted by atomic mass is 10.1. The van der Waals surface area contributed by atoms with Crippen molar-refractivity contribution in [3.8, 4) is 0 Å². The monoisotopic (exact) mass is 494 g/mol. The number of fused-ring (bicyclic) bond motifs is 1. The summed E-state index contributed by atoms with van der Waals surface area (Å²) in [5, 5.41) is 0. The molecular formula is C20H19BrN2O6S. The Kier molecular flexibility index (Phi) is 6.39. The molecule has 2 aromatic rings. The minimum atomic E-state index is -3.74. The van der Waals surface area contributed by atoms with Crippen molar-refractivity contribution in [2.45, 2.75) is 11.3 Å². The molecule has 0 aromatic heterocycles. The Balaban J connectivity index is 1.60. The third-order valence-corrected chi connectivity index (χ3v) is 7.37. The zero-order chi connectivity index (χ0) is 22.1. The standard InChI is InChI=1S/C20H19BrN2O6S/c1-22(2)30(27,28)17-12-13(8-9-16(17)21)20(26)29-11-5-10-23-18(24)14-6-3-4-7-15(14)19(23)25/h3-4,6-9,12H,5,10-11H2,1-2H3. The molecule has 0 bridgehead atoms. The number of halogens is 1. The molecule has 3 rings (SSSR count). The Hall–Kier alpha value is -2.56. The molecule has 8 nitrogen and oxygen atoms in total. The van der Waals surface area contributed by atoms with E-state index in [9.17, 15) is 22.8 Å². The molecule has 0 N–H and O–H groups in total. The zero-order valence-corrected chi connectivity index (χ0v) is 18.7. The van der Waals surface area contributed by atoms with Crippen LogP contribution in [-0.2, 0) is 14.8 Å². The first kappa shape index (κ1) is 22.1. The predicted molar refractivity (Wildman–Crippen MR) is 112 cm³/mol. The summed E-state index contributed by atoms with van der Waals surface area (Å²) < 4.78 is 31.3. The SMILES string of the molecule is CN(C)S(=O)(=O)c1cc(C(=O)OCCCN2C(=O)c3ccccc3C2=O)ccc1Br. The average Bonchev–Trinajstić information content (AvgIpc) is 2.96. The quantitative estimate of drug-likeness (QED) is 0.333. The maximum atomic E-state index is 12.4. The van der Waals surface area contributed by atoms with Crippen molar-refractivity contribution >= 4 is 43.7 Å². The van der Waals surface area contributed by atoms with E-state index in [1.165, 1.54) is 32.3 Å². The van der Waals surface area contributed by atoms with Crippen LogP contribution in [0.1, 0.15) is 37.5 Å². The number of amides is 2. The van der Waals surface area contributed by atoms with Crippen molar-refractivity contribution in [3.63, 3.8) is 0 Å². The summed E-state index contributed by atoms with van der Waals surface area (Å²) in [5.41, 5.74) is 0.812. The predicted octanol–water partition coefficient (Wildman–Crippen LogP) is 2.54. The molecule has 0 saturated heterocycles. The van der Waals surface area contributed by atoms with Crippen LogP contribution in [0, 0.1) is 0 Å². The molecule has 2 amide bonds. The maximum Gasteiger partial charge on any atom is 0.338 e. The molecular weight excluding hydrogens is 476 g/mol. The van der Waals surface area contributed by atoms with E-state index in [4.69, 9.17) is 4.74 Å². The fraction of sp³-hybridized carbons (Fsp3) is 0.250. The topological polar surface area (TPSA) is 101 Å². The van der Waals surface area contributed by atoms with E-state index < -0.39 is 16.0 Å². The van der Waals surface area contributed by atoms with Gasteiger partial charge in [-0.1, -0.05) is 12.1 Å². The number of sulfonamides is 1. The second-order valence-electron chi connectivity index (χ2n) is 6.73. The number of ether oxygens (including phenoxy) is 1. The smallest absolute Gasteiger partial charge is 0.338 e. The number of esters is 1. The molecule has 158 valence electrons. The van der Waals surface area contributed by atoms with Gasteiger partial charge >= 0.3 is 5.97 Å². The number of hydrogen-bond donors (Lipinski definition) is 0. The summed E-state index contributed by atoms with van der Waals surface area (Å²) in [5.74, 6) is -1.43. The summed E-state index contributed by atoms with van der Waals surface area (Å²) in [4.78, 5) is 38.0. The number of nitrogens with zero attached hydrogens (tertiary/aromatic N) is 2. The minimum absolute atomic E-state index is 0.0297. The summed E-state index contributed by atoms with van der Waals surface area (Å²) in [7, 11) is -0.952. The number of hydrogen-bond acceptors (Lipinski definition) is 6. The van der Waals surface area contributed by atoms with Gasteiger partial charge in [0.1, 0.15) is 0 Å². The molecule has 10 heteroatoms. The van der Waals surface area contributed by atoms with Gasteiger partial charge in [-0.3, -0.25) is 14.5 Å². The van der Waals surface area contributed by atoms with E-state index in [1.807, 2.05) is 0 Å². The van der Waals surface area contributed by atoms with E-state index in [-0.39, 0.29) is 41.8 Å². The Morgan fingerprint density at radius 2 is 1.67 bits per heavy atom. The second-order valence-corrected chi connectivity index (χ2v) is 9.70. The number of carbonyl (C=O) groups is 3. The molecule has 0 radical (unpaired) electrons. The van der Waals surface area contributed by atoms with E-state index >= 15 is 0 Å². The number of rotatable bonds is 7. The molecule has 0 unspecified atom stereocenters. The van der Waals surface area contributed by atoms with Crippen LogP contribution in [-0.4, -0.2) is 62.7 Å². The van der Waals surface area contributed by atoms with Crippen LogP contribution in [0.15, 0.2) is 51.8 Å². The van der Waals surface area contributed by atoms with Gasteiger partial charge < -0.3 is 4.74 Å². The van der Waals surface area contributed by atoms with Gasteiger partial charge in [-0.15, -0.1) is 0 Å². The largest absolute Gasteiger partial charge is 0.462 e. The number of carbonyl (C=O) groups excluding carboxylic acids is 3. The lowest BCUT2D eigenvalue weighted by molar-refractivity contribution is 0.0482. The van der Waals surface area contributed by atoms with Crippen molar-refractivity contribution in [3.05, 3.63) is 63.6 Å². The first-order valence-electron chi connectivity index (χ1n) is 8.99. The third kappa shape index (κ3) is 4.16. The van der Waals surface area contributed by atoms with Gasteiger partial charge in [0.25, 0.3) is 11.8 Å². The molecule has 1 heterocycles. The Labute approximate surface area is 182 Å². The lowest BCUT2D eigenvalue weighted by Crippen LogP contribution is -2.31. The van der Waals surface area contributed by atoms with Crippen molar-refractivity contribution < 1.29 is 27.5 Å². The zero-order valence-electron chi connectivity index (χ0n) is 16.3. The minimum Gasteiger partial charge on any atom is -0.462 e. The van der Waals surface area contributed by atoms with Gasteiger partial charge in [-0.25, -0.2) is 17.5 Å². The normalized spacial score (nSPS) is 13.7. The molecule has 0 atom stereocenters. The Bertz CT molecular complexity index is 1090. The van der Waals surface area contributed by atoms with Crippen LogP contribution in [0.25, 0.3) is 0 Å². The summed E-state index contributed by atoms with van der Waals surface area (Å²) in [6, 6.07) is 10.7. The fourth-order valence-electron chi connectivity index (χ4n) is 2.94. The van der Waals surface area contributed by atoms with Gasteiger partial charge in [0, 0.05) is 25.1 Å². The molecule has 1 aliphatic heterocycles. The van der Waals surface area contributed by atoms with Gasteiger partial charge in [0.05, 0.1) is 28.2 Å². The molecule has 0 fully saturated rings. The molecule has 0 aliphatic carbocycles. The molecule has 0 saturated carbocycles. The molecule has 2 aromatic carbocycles. The van der Waals surface area contributed by atoms with Crippen LogP contribution in [0.2, 0.25) is 0 Å². The Morgan fingerprint density at radius 1 is 1.07 bits per heavy atom. The first-order chi connectivity index (χ1) is 14.1. The highest BCUT2D eigenvalue weighted by Crippen LogP contribution is 2.26. The summed E-state index contributed by atoms with van der Waals surface area (Å²) in [6.07, 6.45) is 0.261. The second kappa shape index (κ2) is 8.66. The van der Waals surface area contributed by atoms with Gasteiger partial charge in [0.15, 0.2) is 0 Å². The highest BCUT2D eigenvalue weighted by atomic mass is 79.9. The van der Waals surface area contributed by atoms with Crippen LogP contribution in [0.4, 0.5) is 0 Å².